The fourth-order valence-corrected chi connectivity index (χ4v) is 8.21. The van der Waals surface area contributed by atoms with Crippen LogP contribution in [0.1, 0.15) is 42.5 Å². The van der Waals surface area contributed by atoms with Crippen LogP contribution in [0.3, 0.4) is 0 Å². The minimum Gasteiger partial charge on any atom is -0.508 e. The lowest BCUT2D eigenvalue weighted by Crippen LogP contribution is -2.51. The summed E-state index contributed by atoms with van der Waals surface area (Å²) in [6.07, 6.45) is 12.5. The van der Waals surface area contributed by atoms with Gasteiger partial charge < -0.3 is 20.1 Å². The van der Waals surface area contributed by atoms with Crippen LogP contribution in [-0.4, -0.2) is 69.8 Å². The molecule has 2 bridgehead atoms. The van der Waals surface area contributed by atoms with Crippen LogP contribution in [0, 0.1) is 35.2 Å². The predicted octanol–water partition coefficient (Wildman–Crippen LogP) is 6.11. The zero-order valence-corrected chi connectivity index (χ0v) is 27.4. The number of piperazine rings is 1. The van der Waals surface area contributed by atoms with Gasteiger partial charge in [-0.05, 0) is 73.4 Å². The normalized spacial score (nSPS) is 21.0. The molecule has 2 saturated heterocycles. The smallest absolute Gasteiger partial charge is 0.319 e. The maximum Gasteiger partial charge on any atom is 0.319 e. The zero-order valence-electron chi connectivity index (χ0n) is 27.4. The van der Waals surface area contributed by atoms with Crippen molar-refractivity contribution in [1.29, 1.82) is 0 Å². The summed E-state index contributed by atoms with van der Waals surface area (Å²) in [5.74, 6) is -0.0860. The number of hydrogen-bond donors (Lipinski definition) is 2. The van der Waals surface area contributed by atoms with Gasteiger partial charge in [-0.25, -0.2) is 13.2 Å². The molecule has 1 aliphatic carbocycles. The van der Waals surface area contributed by atoms with E-state index in [1.54, 1.807) is 0 Å². The maximum atomic E-state index is 17.0. The Bertz CT molecular complexity index is 2220. The second-order valence-electron chi connectivity index (χ2n) is 14.3. The number of nitrogens with zero attached hydrogens (tertiary/aromatic N) is 5. The quantitative estimate of drug-likeness (QED) is 0.200. The molecule has 254 valence electrons. The summed E-state index contributed by atoms with van der Waals surface area (Å²) in [5, 5.41) is 14.9. The first kappa shape index (κ1) is 31.1. The van der Waals surface area contributed by atoms with Crippen LogP contribution in [0.15, 0.2) is 48.7 Å². The molecule has 1 saturated carbocycles. The Labute approximate surface area is 287 Å². The molecule has 0 spiro atoms. The largest absolute Gasteiger partial charge is 0.508 e. The van der Waals surface area contributed by atoms with Crippen LogP contribution in [0.5, 0.6) is 11.8 Å². The number of phenols is 1. The molecule has 2 unspecified atom stereocenters. The number of halogens is 3. The topological polar surface area (TPSA) is 86.6 Å². The molecule has 8 nitrogen and oxygen atoms in total. The summed E-state index contributed by atoms with van der Waals surface area (Å²) in [4.78, 5) is 18.4. The maximum absolute atomic E-state index is 17.0. The number of benzene rings is 3. The number of aromatic hydroxyl groups is 1. The van der Waals surface area contributed by atoms with Gasteiger partial charge in [-0.2, -0.15) is 9.97 Å². The standard InChI is InChI=1S/C39H35F3N6O2/c1-2-27-30(40)8-5-23-14-26(49)15-28(33(23)27)34-31(41)16-29-36(35(34)42)45-38(46-37(29)48-17-24-6-7-25(18-48)44-24)50-21-39(10-11-39)20-47-13-9-22-4-3-12-43-32(22)19-47/h1,3-5,8,12,14-16,24-25,44,49H,6-7,9-11,13,17-21H2. The van der Waals surface area contributed by atoms with E-state index in [1.165, 1.54) is 35.9 Å². The van der Waals surface area contributed by atoms with Crippen molar-refractivity contribution < 1.29 is 23.0 Å². The van der Waals surface area contributed by atoms with Crippen molar-refractivity contribution in [1.82, 2.24) is 25.2 Å². The fourth-order valence-electron chi connectivity index (χ4n) is 8.21. The Morgan fingerprint density at radius 3 is 2.64 bits per heavy atom. The van der Waals surface area contributed by atoms with Gasteiger partial charge in [-0.1, -0.05) is 18.1 Å². The molecule has 3 aliphatic heterocycles. The summed E-state index contributed by atoms with van der Waals surface area (Å²) >= 11 is 0. The Morgan fingerprint density at radius 1 is 1.04 bits per heavy atom. The molecule has 0 radical (unpaired) electrons. The van der Waals surface area contributed by atoms with E-state index in [9.17, 15) is 9.50 Å². The van der Waals surface area contributed by atoms with Crippen molar-refractivity contribution in [3.63, 3.8) is 0 Å². The lowest BCUT2D eigenvalue weighted by Gasteiger charge is -2.34. The Balaban J connectivity index is 1.11. The highest BCUT2D eigenvalue weighted by Crippen LogP contribution is 2.47. The molecule has 4 aliphatic rings. The minimum atomic E-state index is -0.966. The van der Waals surface area contributed by atoms with Crippen molar-refractivity contribution in [2.24, 2.45) is 5.41 Å². The van der Waals surface area contributed by atoms with Crippen LogP contribution < -0.4 is 15.0 Å². The van der Waals surface area contributed by atoms with Gasteiger partial charge in [0, 0.05) is 72.8 Å². The van der Waals surface area contributed by atoms with Crippen molar-refractivity contribution in [3.8, 4) is 35.2 Å². The first-order chi connectivity index (χ1) is 24.3. The molecule has 3 aromatic carbocycles. The molecule has 3 fully saturated rings. The molecule has 2 atom stereocenters. The molecule has 5 heterocycles. The predicted molar refractivity (Wildman–Crippen MR) is 184 cm³/mol. The number of pyridine rings is 1. The van der Waals surface area contributed by atoms with E-state index in [4.69, 9.17) is 16.1 Å². The summed E-state index contributed by atoms with van der Waals surface area (Å²) in [6, 6.07) is 11.0. The molecule has 5 aromatic rings. The van der Waals surface area contributed by atoms with Gasteiger partial charge in [0.2, 0.25) is 0 Å². The third-order valence-corrected chi connectivity index (χ3v) is 10.9. The third kappa shape index (κ3) is 5.38. The molecular weight excluding hydrogens is 641 g/mol. The number of nitrogens with one attached hydrogen (secondary N) is 1. The van der Waals surface area contributed by atoms with E-state index in [2.05, 4.69) is 37.1 Å². The number of fused-ring (bicyclic) bond motifs is 5. The van der Waals surface area contributed by atoms with E-state index < -0.39 is 23.0 Å². The number of aromatic nitrogens is 3. The number of anilines is 1. The number of terminal acetylenes is 1. The van der Waals surface area contributed by atoms with Gasteiger partial charge in [0.05, 0.1) is 23.4 Å². The Hall–Kier alpha value is -4.92. The highest BCUT2D eigenvalue weighted by molar-refractivity contribution is 6.04. The van der Waals surface area contributed by atoms with Crippen molar-refractivity contribution >= 4 is 27.5 Å². The van der Waals surface area contributed by atoms with Crippen LogP contribution in [0.4, 0.5) is 19.0 Å². The summed E-state index contributed by atoms with van der Waals surface area (Å²) in [7, 11) is 0. The van der Waals surface area contributed by atoms with E-state index in [0.29, 0.717) is 30.9 Å². The highest BCUT2D eigenvalue weighted by atomic mass is 19.1. The minimum absolute atomic E-state index is 0.0166. The number of hydrogen-bond acceptors (Lipinski definition) is 8. The summed E-state index contributed by atoms with van der Waals surface area (Å²) in [5.41, 5.74) is 1.52. The number of rotatable bonds is 7. The van der Waals surface area contributed by atoms with Crippen molar-refractivity contribution in [2.45, 2.75) is 50.7 Å². The second kappa shape index (κ2) is 11.9. The Kier molecular flexibility index (Phi) is 7.37. The lowest BCUT2D eigenvalue weighted by molar-refractivity contribution is 0.144. The first-order valence-electron chi connectivity index (χ1n) is 17.2. The van der Waals surface area contributed by atoms with Crippen molar-refractivity contribution in [3.05, 3.63) is 82.9 Å². The number of phenolic OH excluding ortho intramolecular Hbond substituents is 1. The van der Waals surface area contributed by atoms with E-state index in [-0.39, 0.29) is 56.7 Å². The van der Waals surface area contributed by atoms with E-state index in [1.807, 2.05) is 12.3 Å². The molecule has 0 amide bonds. The highest BCUT2D eigenvalue weighted by Gasteiger charge is 2.45. The SMILES string of the molecule is C#Cc1c(F)ccc2cc(O)cc(-c3c(F)cc4c(N5CC6CCC(C5)N6)nc(OCC5(CN6CCc7cccnc7C6)CC5)nc4c3F)c12. The zero-order chi connectivity index (χ0) is 34.1. The molecule has 50 heavy (non-hydrogen) atoms. The van der Waals surface area contributed by atoms with Gasteiger partial charge in [0.15, 0.2) is 5.82 Å². The average molecular weight is 677 g/mol. The molecule has 2 aromatic heterocycles. The molecule has 9 rings (SSSR count). The molecule has 11 heteroatoms. The fraction of sp³-hybridized carbons (Fsp3) is 0.359. The van der Waals surface area contributed by atoms with Crippen molar-refractivity contribution in [2.75, 3.05) is 37.7 Å². The summed E-state index contributed by atoms with van der Waals surface area (Å²) in [6.45, 7) is 4.18. The lowest BCUT2D eigenvalue weighted by atomic mass is 9.92. The van der Waals surface area contributed by atoms with Gasteiger partial charge >= 0.3 is 6.01 Å². The summed E-state index contributed by atoms with van der Waals surface area (Å²) < 4.78 is 54.5. The van der Waals surface area contributed by atoms with Crippen LogP contribution in [0.25, 0.3) is 32.8 Å². The number of ether oxygens (including phenoxy) is 1. The third-order valence-electron chi connectivity index (χ3n) is 10.9. The first-order valence-corrected chi connectivity index (χ1v) is 17.2. The monoisotopic (exact) mass is 676 g/mol. The van der Waals surface area contributed by atoms with Gasteiger partial charge in [-0.3, -0.25) is 9.88 Å². The van der Waals surface area contributed by atoms with E-state index in [0.717, 1.165) is 57.4 Å². The van der Waals surface area contributed by atoms with Crippen LogP contribution >= 0.6 is 0 Å². The Morgan fingerprint density at radius 2 is 1.86 bits per heavy atom. The molecular formula is C39H35F3N6O2. The molecule has 2 N–H and O–H groups in total. The van der Waals surface area contributed by atoms with Gasteiger partial charge in [0.25, 0.3) is 0 Å². The van der Waals surface area contributed by atoms with Crippen LogP contribution in [0.2, 0.25) is 0 Å². The van der Waals surface area contributed by atoms with Gasteiger partial charge in [-0.15, -0.1) is 6.42 Å². The average Bonchev–Trinajstić information content (AvgIpc) is 3.80. The van der Waals surface area contributed by atoms with Gasteiger partial charge in [0.1, 0.15) is 28.7 Å². The van der Waals surface area contributed by atoms with Crippen LogP contribution in [-0.2, 0) is 13.0 Å². The second-order valence-corrected chi connectivity index (χ2v) is 14.3. The van der Waals surface area contributed by atoms with E-state index >= 15 is 8.78 Å².